The van der Waals surface area contributed by atoms with Gasteiger partial charge in [-0.1, -0.05) is 12.6 Å². The lowest BCUT2D eigenvalue weighted by Crippen LogP contribution is -2.45. The van der Waals surface area contributed by atoms with Crippen LogP contribution in [-0.2, 0) is 16.6 Å². The zero-order valence-corrected chi connectivity index (χ0v) is 20.6. The van der Waals surface area contributed by atoms with Crippen molar-refractivity contribution < 1.29 is 27.4 Å². The van der Waals surface area contributed by atoms with Crippen molar-refractivity contribution in [1.29, 1.82) is 0 Å². The number of alkyl halides is 3. The predicted molar refractivity (Wildman–Crippen MR) is 129 cm³/mol. The number of halogens is 3. The van der Waals surface area contributed by atoms with Gasteiger partial charge in [-0.2, -0.15) is 23.4 Å². The van der Waals surface area contributed by atoms with Crippen LogP contribution in [0.3, 0.4) is 0 Å². The molecule has 8 nitrogen and oxygen atoms in total. The molecule has 1 aliphatic heterocycles. The molecule has 1 aliphatic rings. The van der Waals surface area contributed by atoms with Crippen molar-refractivity contribution in [1.82, 2.24) is 24.5 Å². The van der Waals surface area contributed by atoms with Gasteiger partial charge in [0.2, 0.25) is 5.88 Å². The highest BCUT2D eigenvalue weighted by atomic mass is 19.4. The number of fused-ring (bicyclic) bond motifs is 1. The first-order valence-electron chi connectivity index (χ1n) is 12.0. The Balaban J connectivity index is 1.62. The molecule has 36 heavy (non-hydrogen) atoms. The molecule has 3 aromatic rings. The van der Waals surface area contributed by atoms with Crippen LogP contribution in [0.15, 0.2) is 31.0 Å². The largest absolute Gasteiger partial charge is 0.472 e. The third-order valence-corrected chi connectivity index (χ3v) is 6.25. The molecule has 3 heterocycles. The van der Waals surface area contributed by atoms with Crippen molar-refractivity contribution in [3.05, 3.63) is 36.7 Å². The van der Waals surface area contributed by atoms with E-state index in [0.29, 0.717) is 18.1 Å². The van der Waals surface area contributed by atoms with Gasteiger partial charge >= 0.3 is 12.1 Å². The second kappa shape index (κ2) is 10.3. The number of benzene rings is 1. The van der Waals surface area contributed by atoms with Gasteiger partial charge in [0.05, 0.1) is 29.5 Å². The molecule has 194 valence electrons. The van der Waals surface area contributed by atoms with E-state index in [1.807, 2.05) is 22.9 Å². The zero-order valence-electron chi connectivity index (χ0n) is 20.6. The molecule has 1 unspecified atom stereocenters. The SMILES string of the molecule is C=Cc1nn(C2CCCCO2)c2ccc(-c3cnn(C)c3O[C@@H](C)CN(CC)C(=O)C(F)(F)F)cc12. The molecular formula is C25H30F3N5O3. The first-order chi connectivity index (χ1) is 17.1. The maximum atomic E-state index is 12.9. The number of hydrogen-bond donors (Lipinski definition) is 0. The molecule has 0 bridgehead atoms. The Labute approximate surface area is 207 Å². The fourth-order valence-corrected chi connectivity index (χ4v) is 4.46. The van der Waals surface area contributed by atoms with Gasteiger partial charge < -0.3 is 14.4 Å². The Kier molecular flexibility index (Phi) is 7.39. The molecule has 0 spiro atoms. The number of hydrogen-bond acceptors (Lipinski definition) is 5. The Bertz CT molecular complexity index is 1240. The van der Waals surface area contributed by atoms with Gasteiger partial charge in [0, 0.05) is 25.6 Å². The number of aromatic nitrogens is 4. The first-order valence-corrected chi connectivity index (χ1v) is 12.0. The third-order valence-electron chi connectivity index (χ3n) is 6.25. The predicted octanol–water partition coefficient (Wildman–Crippen LogP) is 4.96. The van der Waals surface area contributed by atoms with Crippen molar-refractivity contribution in [2.75, 3.05) is 19.7 Å². The van der Waals surface area contributed by atoms with Crippen LogP contribution in [0, 0.1) is 0 Å². The van der Waals surface area contributed by atoms with Crippen molar-refractivity contribution in [2.24, 2.45) is 7.05 Å². The quantitative estimate of drug-likeness (QED) is 0.433. The molecule has 1 aromatic carbocycles. The monoisotopic (exact) mass is 505 g/mol. The van der Waals surface area contributed by atoms with E-state index in [0.717, 1.165) is 46.3 Å². The number of aryl methyl sites for hydroxylation is 1. The summed E-state index contributed by atoms with van der Waals surface area (Å²) in [4.78, 5) is 12.4. The van der Waals surface area contributed by atoms with E-state index >= 15 is 0 Å². The summed E-state index contributed by atoms with van der Waals surface area (Å²) < 4.78 is 54.1. The van der Waals surface area contributed by atoms with Gasteiger partial charge in [-0.15, -0.1) is 0 Å². The lowest BCUT2D eigenvalue weighted by Gasteiger charge is -2.26. The normalized spacial score (nSPS) is 17.2. The minimum atomic E-state index is -4.93. The summed E-state index contributed by atoms with van der Waals surface area (Å²) in [5, 5.41) is 9.90. The highest BCUT2D eigenvalue weighted by Crippen LogP contribution is 2.35. The molecule has 11 heteroatoms. The van der Waals surface area contributed by atoms with Crippen LogP contribution >= 0.6 is 0 Å². The van der Waals surface area contributed by atoms with E-state index in [1.165, 1.54) is 11.6 Å². The lowest BCUT2D eigenvalue weighted by atomic mass is 10.1. The van der Waals surface area contributed by atoms with Crippen LogP contribution in [-0.4, -0.2) is 62.3 Å². The summed E-state index contributed by atoms with van der Waals surface area (Å²) in [6.45, 7) is 7.42. The average Bonchev–Trinajstić information content (AvgIpc) is 3.41. The minimum Gasteiger partial charge on any atom is -0.472 e. The second-order valence-corrected chi connectivity index (χ2v) is 8.84. The lowest BCUT2D eigenvalue weighted by molar-refractivity contribution is -0.186. The fourth-order valence-electron chi connectivity index (χ4n) is 4.46. The van der Waals surface area contributed by atoms with Crippen LogP contribution in [0.2, 0.25) is 0 Å². The van der Waals surface area contributed by atoms with E-state index in [1.54, 1.807) is 26.2 Å². The number of rotatable bonds is 8. The molecule has 0 N–H and O–H groups in total. The van der Waals surface area contributed by atoms with Gasteiger partial charge in [-0.05, 0) is 56.9 Å². The molecule has 0 aliphatic carbocycles. The Morgan fingerprint density at radius 3 is 2.81 bits per heavy atom. The van der Waals surface area contributed by atoms with E-state index in [9.17, 15) is 18.0 Å². The zero-order chi connectivity index (χ0) is 26.0. The standard InChI is InChI=1S/C25H30F3N5O3/c1-5-20-18-13-17(10-11-21(18)33(30-20)22-9-7-8-12-35-22)19-14-29-31(4)23(19)36-16(3)15-32(6-2)24(34)25(26,27)28/h5,10-11,13-14,16,22H,1,6-9,12,15H2,2-4H3/t16-,22?/m0/s1. The highest BCUT2D eigenvalue weighted by molar-refractivity contribution is 5.91. The Morgan fingerprint density at radius 2 is 2.17 bits per heavy atom. The van der Waals surface area contributed by atoms with Crippen molar-refractivity contribution in [3.63, 3.8) is 0 Å². The summed E-state index contributed by atoms with van der Waals surface area (Å²) in [5.74, 6) is -1.49. The third kappa shape index (κ3) is 5.11. The van der Waals surface area contributed by atoms with E-state index in [-0.39, 0.29) is 19.3 Å². The Morgan fingerprint density at radius 1 is 1.39 bits per heavy atom. The van der Waals surface area contributed by atoms with Gasteiger partial charge in [-0.25, -0.2) is 9.36 Å². The molecular weight excluding hydrogens is 475 g/mol. The summed E-state index contributed by atoms with van der Waals surface area (Å²) >= 11 is 0. The smallest absolute Gasteiger partial charge is 0.471 e. The first kappa shape index (κ1) is 25.7. The van der Waals surface area contributed by atoms with Crippen molar-refractivity contribution in [2.45, 2.75) is 51.6 Å². The van der Waals surface area contributed by atoms with Gasteiger partial charge in [0.1, 0.15) is 6.10 Å². The number of nitrogens with zero attached hydrogens (tertiary/aromatic N) is 5. The average molecular weight is 506 g/mol. The van der Waals surface area contributed by atoms with E-state index in [2.05, 4.69) is 11.7 Å². The molecule has 2 atom stereocenters. The van der Waals surface area contributed by atoms with Gasteiger partial charge in [0.15, 0.2) is 6.23 Å². The van der Waals surface area contributed by atoms with Crippen LogP contribution in [0.4, 0.5) is 13.2 Å². The summed E-state index contributed by atoms with van der Waals surface area (Å²) in [6, 6.07) is 5.86. The van der Waals surface area contributed by atoms with Crippen molar-refractivity contribution >= 4 is 22.9 Å². The van der Waals surface area contributed by atoms with Crippen LogP contribution in [0.5, 0.6) is 5.88 Å². The summed E-state index contributed by atoms with van der Waals surface area (Å²) in [5.41, 5.74) is 3.13. The molecule has 4 rings (SSSR count). The number of carbonyl (C=O) groups is 1. The molecule has 0 saturated carbocycles. The summed E-state index contributed by atoms with van der Waals surface area (Å²) in [6.07, 6.45) is 0.583. The number of amides is 1. The highest BCUT2D eigenvalue weighted by Gasteiger charge is 2.42. The number of likely N-dealkylation sites (N-methyl/N-ethyl adjacent to an activating group) is 1. The molecule has 0 radical (unpaired) electrons. The Hall–Kier alpha value is -3.34. The van der Waals surface area contributed by atoms with E-state index < -0.39 is 18.2 Å². The van der Waals surface area contributed by atoms with Gasteiger partial charge in [0.25, 0.3) is 0 Å². The molecule has 1 amide bonds. The van der Waals surface area contributed by atoms with Crippen LogP contribution in [0.1, 0.15) is 45.0 Å². The van der Waals surface area contributed by atoms with E-state index in [4.69, 9.17) is 14.6 Å². The maximum absolute atomic E-state index is 12.9. The van der Waals surface area contributed by atoms with Crippen LogP contribution in [0.25, 0.3) is 28.1 Å². The topological polar surface area (TPSA) is 74.4 Å². The van der Waals surface area contributed by atoms with Crippen LogP contribution < -0.4 is 4.74 Å². The van der Waals surface area contributed by atoms with Gasteiger partial charge in [-0.3, -0.25) is 4.79 Å². The molecule has 2 aromatic heterocycles. The maximum Gasteiger partial charge on any atom is 0.471 e. The molecule has 1 fully saturated rings. The number of ether oxygens (including phenoxy) is 2. The fraction of sp³-hybridized carbons (Fsp3) is 0.480. The number of carbonyl (C=O) groups excluding carboxylic acids is 1. The molecule has 1 saturated heterocycles. The minimum absolute atomic E-state index is 0.0834. The van der Waals surface area contributed by atoms with Crippen molar-refractivity contribution in [3.8, 4) is 17.0 Å². The second-order valence-electron chi connectivity index (χ2n) is 8.84. The summed E-state index contributed by atoms with van der Waals surface area (Å²) in [7, 11) is 1.69.